The van der Waals surface area contributed by atoms with Crippen LogP contribution < -0.4 is 5.32 Å². The van der Waals surface area contributed by atoms with E-state index < -0.39 is 0 Å². The molecule has 1 aliphatic rings. The van der Waals surface area contributed by atoms with Crippen LogP contribution >= 0.6 is 0 Å². The van der Waals surface area contributed by atoms with E-state index in [1.807, 2.05) is 18.2 Å². The first-order valence-corrected chi connectivity index (χ1v) is 6.38. The highest BCUT2D eigenvalue weighted by Crippen LogP contribution is 2.39. The number of rotatable bonds is 3. The van der Waals surface area contributed by atoms with Crippen molar-refractivity contribution in [2.24, 2.45) is 5.41 Å². The van der Waals surface area contributed by atoms with Gasteiger partial charge in [-0.3, -0.25) is 4.79 Å². The van der Waals surface area contributed by atoms with Gasteiger partial charge in [-0.1, -0.05) is 13.3 Å². The molecule has 0 spiro atoms. The van der Waals surface area contributed by atoms with Gasteiger partial charge in [0.15, 0.2) is 0 Å². The van der Waals surface area contributed by atoms with Crippen LogP contribution in [0.3, 0.4) is 0 Å². The third-order valence-electron chi connectivity index (χ3n) is 3.92. The molecule has 4 heteroatoms. The number of nitrogens with zero attached hydrogens (tertiary/aromatic N) is 1. The lowest BCUT2D eigenvalue weighted by Crippen LogP contribution is -2.39. The molecule has 1 amide bonds. The molecule has 0 radical (unpaired) electrons. The molecular formula is C14H17N3O. The fourth-order valence-corrected chi connectivity index (χ4v) is 2.43. The SMILES string of the molecule is CC1(CNC(=O)c2ccc3nc[nH]c3c2)CCC1. The van der Waals surface area contributed by atoms with E-state index in [-0.39, 0.29) is 5.91 Å². The van der Waals surface area contributed by atoms with Gasteiger partial charge in [0, 0.05) is 12.1 Å². The minimum atomic E-state index is -0.000347. The zero-order valence-electron chi connectivity index (χ0n) is 10.5. The number of imidazole rings is 1. The summed E-state index contributed by atoms with van der Waals surface area (Å²) >= 11 is 0. The summed E-state index contributed by atoms with van der Waals surface area (Å²) in [6.07, 6.45) is 5.36. The van der Waals surface area contributed by atoms with Crippen molar-refractivity contribution < 1.29 is 4.79 Å². The van der Waals surface area contributed by atoms with Crippen LogP contribution in [-0.2, 0) is 0 Å². The Morgan fingerprint density at radius 1 is 1.50 bits per heavy atom. The van der Waals surface area contributed by atoms with Gasteiger partial charge in [0.05, 0.1) is 17.4 Å². The second kappa shape index (κ2) is 4.12. The third kappa shape index (κ3) is 1.98. The van der Waals surface area contributed by atoms with Gasteiger partial charge in [-0.15, -0.1) is 0 Å². The van der Waals surface area contributed by atoms with Crippen LogP contribution in [0.25, 0.3) is 11.0 Å². The number of fused-ring (bicyclic) bond motifs is 1. The quantitative estimate of drug-likeness (QED) is 0.870. The smallest absolute Gasteiger partial charge is 0.251 e. The summed E-state index contributed by atoms with van der Waals surface area (Å²) in [5, 5.41) is 3.03. The number of amides is 1. The van der Waals surface area contributed by atoms with Crippen LogP contribution in [0, 0.1) is 5.41 Å². The highest BCUT2D eigenvalue weighted by atomic mass is 16.1. The highest BCUT2D eigenvalue weighted by Gasteiger charge is 2.31. The van der Waals surface area contributed by atoms with Crippen molar-refractivity contribution in [3.8, 4) is 0 Å². The summed E-state index contributed by atoms with van der Waals surface area (Å²) in [6.45, 7) is 3.00. The van der Waals surface area contributed by atoms with Gasteiger partial charge in [-0.25, -0.2) is 4.98 Å². The van der Waals surface area contributed by atoms with Crippen molar-refractivity contribution in [2.45, 2.75) is 26.2 Å². The summed E-state index contributed by atoms with van der Waals surface area (Å²) in [4.78, 5) is 19.2. The fraction of sp³-hybridized carbons (Fsp3) is 0.429. The first-order valence-electron chi connectivity index (χ1n) is 6.38. The average Bonchev–Trinajstić information content (AvgIpc) is 2.80. The Hall–Kier alpha value is -1.84. The molecule has 1 saturated carbocycles. The third-order valence-corrected chi connectivity index (χ3v) is 3.92. The predicted molar refractivity (Wildman–Crippen MR) is 70.4 cm³/mol. The van der Waals surface area contributed by atoms with Gasteiger partial charge in [0.25, 0.3) is 5.91 Å². The largest absolute Gasteiger partial charge is 0.351 e. The number of hydrogen-bond donors (Lipinski definition) is 2. The number of aromatic amines is 1. The van der Waals surface area contributed by atoms with E-state index in [9.17, 15) is 4.79 Å². The molecule has 1 aliphatic carbocycles. The van der Waals surface area contributed by atoms with Crippen molar-refractivity contribution in [3.05, 3.63) is 30.1 Å². The number of hydrogen-bond acceptors (Lipinski definition) is 2. The monoisotopic (exact) mass is 243 g/mol. The Morgan fingerprint density at radius 2 is 2.33 bits per heavy atom. The molecule has 94 valence electrons. The van der Waals surface area contributed by atoms with Crippen LogP contribution in [0.5, 0.6) is 0 Å². The molecule has 3 rings (SSSR count). The minimum Gasteiger partial charge on any atom is -0.351 e. The fourth-order valence-electron chi connectivity index (χ4n) is 2.43. The molecule has 0 atom stereocenters. The van der Waals surface area contributed by atoms with Gasteiger partial charge in [-0.05, 0) is 36.5 Å². The maximum Gasteiger partial charge on any atom is 0.251 e. The zero-order chi connectivity index (χ0) is 12.6. The molecule has 2 N–H and O–H groups in total. The van der Waals surface area contributed by atoms with E-state index in [0.717, 1.165) is 17.6 Å². The topological polar surface area (TPSA) is 57.8 Å². The predicted octanol–water partition coefficient (Wildman–Crippen LogP) is 2.48. The molecule has 1 fully saturated rings. The van der Waals surface area contributed by atoms with Crippen molar-refractivity contribution in [3.63, 3.8) is 0 Å². The lowest BCUT2D eigenvalue weighted by molar-refractivity contribution is 0.0891. The van der Waals surface area contributed by atoms with Crippen molar-refractivity contribution in [1.29, 1.82) is 0 Å². The normalized spacial score (nSPS) is 17.4. The molecule has 1 aromatic heterocycles. The number of carbonyl (C=O) groups is 1. The molecule has 1 heterocycles. The van der Waals surface area contributed by atoms with Crippen LogP contribution in [0.4, 0.5) is 0 Å². The Labute approximate surface area is 106 Å². The zero-order valence-corrected chi connectivity index (χ0v) is 10.5. The first-order chi connectivity index (χ1) is 8.66. The van der Waals surface area contributed by atoms with E-state index in [2.05, 4.69) is 22.2 Å². The number of carbonyl (C=O) groups excluding carboxylic acids is 1. The van der Waals surface area contributed by atoms with E-state index in [1.54, 1.807) is 6.33 Å². The summed E-state index contributed by atoms with van der Waals surface area (Å²) < 4.78 is 0. The minimum absolute atomic E-state index is 0.000347. The number of aromatic nitrogens is 2. The van der Waals surface area contributed by atoms with Crippen molar-refractivity contribution in [2.75, 3.05) is 6.54 Å². The Kier molecular flexibility index (Phi) is 2.58. The Bertz CT molecular complexity index is 583. The molecule has 2 aromatic rings. The number of H-pyrrole nitrogens is 1. The lowest BCUT2D eigenvalue weighted by Gasteiger charge is -2.38. The van der Waals surface area contributed by atoms with E-state index in [4.69, 9.17) is 0 Å². The molecule has 4 nitrogen and oxygen atoms in total. The molecule has 18 heavy (non-hydrogen) atoms. The molecule has 0 saturated heterocycles. The lowest BCUT2D eigenvalue weighted by atomic mass is 9.70. The Balaban J connectivity index is 1.71. The second-order valence-corrected chi connectivity index (χ2v) is 5.48. The number of benzene rings is 1. The van der Waals surface area contributed by atoms with Crippen LogP contribution in [0.2, 0.25) is 0 Å². The molecule has 1 aromatic carbocycles. The van der Waals surface area contributed by atoms with E-state index in [1.165, 1.54) is 19.3 Å². The van der Waals surface area contributed by atoms with Crippen LogP contribution in [0.15, 0.2) is 24.5 Å². The highest BCUT2D eigenvalue weighted by molar-refractivity contribution is 5.97. The average molecular weight is 243 g/mol. The summed E-state index contributed by atoms with van der Waals surface area (Å²) in [7, 11) is 0. The first kappa shape index (κ1) is 11.3. The second-order valence-electron chi connectivity index (χ2n) is 5.48. The maximum atomic E-state index is 12.1. The standard InChI is InChI=1S/C14H17N3O/c1-14(5-2-6-14)8-15-13(18)10-3-4-11-12(7-10)17-9-16-11/h3-4,7,9H,2,5-6,8H2,1H3,(H,15,18)(H,16,17). The summed E-state index contributed by atoms with van der Waals surface area (Å²) in [5.74, 6) is -0.000347. The number of nitrogens with one attached hydrogen (secondary N) is 2. The van der Waals surface area contributed by atoms with Gasteiger partial charge >= 0.3 is 0 Å². The van der Waals surface area contributed by atoms with Crippen molar-refractivity contribution >= 4 is 16.9 Å². The van der Waals surface area contributed by atoms with E-state index >= 15 is 0 Å². The van der Waals surface area contributed by atoms with Gasteiger partial charge in [0.1, 0.15) is 0 Å². The van der Waals surface area contributed by atoms with Gasteiger partial charge in [-0.2, -0.15) is 0 Å². The van der Waals surface area contributed by atoms with E-state index in [0.29, 0.717) is 11.0 Å². The summed E-state index contributed by atoms with van der Waals surface area (Å²) in [5.41, 5.74) is 2.79. The summed E-state index contributed by atoms with van der Waals surface area (Å²) in [6, 6.07) is 5.54. The van der Waals surface area contributed by atoms with Crippen LogP contribution in [-0.4, -0.2) is 22.4 Å². The molecule has 0 unspecified atom stereocenters. The van der Waals surface area contributed by atoms with Gasteiger partial charge in [0.2, 0.25) is 0 Å². The molecule has 0 aliphatic heterocycles. The Morgan fingerprint density at radius 3 is 3.06 bits per heavy atom. The molecular weight excluding hydrogens is 226 g/mol. The van der Waals surface area contributed by atoms with Crippen LogP contribution in [0.1, 0.15) is 36.5 Å². The molecule has 0 bridgehead atoms. The maximum absolute atomic E-state index is 12.1. The van der Waals surface area contributed by atoms with Crippen molar-refractivity contribution in [1.82, 2.24) is 15.3 Å². The van der Waals surface area contributed by atoms with Gasteiger partial charge < -0.3 is 10.3 Å².